The number of benzene rings is 1. The number of rotatable bonds is 13. The number of hydrogen-bond acceptors (Lipinski definition) is 12. The number of hydrogen-bond donors (Lipinski definition) is 4. The van der Waals surface area contributed by atoms with Crippen molar-refractivity contribution < 1.29 is 47.0 Å². The van der Waals surface area contributed by atoms with Crippen LogP contribution in [0.15, 0.2) is 36.7 Å². The second-order valence-electron chi connectivity index (χ2n) is 10.2. The van der Waals surface area contributed by atoms with Crippen LogP contribution in [0.2, 0.25) is 0 Å². The Bertz CT molecular complexity index is 1420. The molecular weight excluding hydrogens is 571 g/mol. The highest BCUT2D eigenvalue weighted by molar-refractivity contribution is 7.52. The predicted molar refractivity (Wildman–Crippen MR) is 149 cm³/mol. The number of para-hydroxylation sites is 1. The maximum absolute atomic E-state index is 14.0. The number of anilines is 1. The van der Waals surface area contributed by atoms with Gasteiger partial charge in [0.05, 0.1) is 19.3 Å². The van der Waals surface area contributed by atoms with E-state index in [0.717, 1.165) is 0 Å². The van der Waals surface area contributed by atoms with Crippen LogP contribution in [0.3, 0.4) is 0 Å². The average molecular weight is 610 g/mol. The summed E-state index contributed by atoms with van der Waals surface area (Å²) < 4.78 is 49.9. The van der Waals surface area contributed by atoms with Gasteiger partial charge in [0.15, 0.2) is 6.33 Å². The zero-order valence-corrected chi connectivity index (χ0v) is 25.2. The fraction of sp³-hybridized carbons (Fsp3) is 0.538. The van der Waals surface area contributed by atoms with E-state index in [-0.39, 0.29) is 23.7 Å². The minimum Gasteiger partial charge on any atom is -0.475 e. The third-order valence-electron chi connectivity index (χ3n) is 6.45. The summed E-state index contributed by atoms with van der Waals surface area (Å²) in [6.45, 7) is 8.21. The van der Waals surface area contributed by atoms with Crippen LogP contribution in [-0.2, 0) is 28.1 Å². The lowest BCUT2D eigenvalue weighted by Crippen LogP contribution is -2.47. The standard InChI is InChI=1S/C26H37N6O9P/c1-7-37-22-18-21(29-25(27)30-22)32(14-28-18)23-19(36-6)20(33)26(5,40-23)13-38-42(35,41-17-11-9-8-10-12-17)31-16(4)24(34)39-15(2)3/h8-12,14-16,19-20,23,33H,7,13H2,1-6H3,(H3,27,29,30,31,35)/p+1. The van der Waals surface area contributed by atoms with Gasteiger partial charge < -0.3 is 34.3 Å². The summed E-state index contributed by atoms with van der Waals surface area (Å²) >= 11 is 0. The van der Waals surface area contributed by atoms with Crippen molar-refractivity contribution in [2.75, 3.05) is 26.1 Å². The molecule has 4 rings (SSSR count). The minimum atomic E-state index is -4.23. The number of imidazole rings is 1. The maximum atomic E-state index is 14.0. The highest BCUT2D eigenvalue weighted by Crippen LogP contribution is 2.47. The van der Waals surface area contributed by atoms with Gasteiger partial charge in [-0.1, -0.05) is 23.2 Å². The van der Waals surface area contributed by atoms with E-state index in [1.807, 2.05) is 6.92 Å². The fourth-order valence-corrected chi connectivity index (χ4v) is 6.02. The molecule has 0 saturated carbocycles. The first kappa shape index (κ1) is 31.6. The van der Waals surface area contributed by atoms with Gasteiger partial charge in [-0.2, -0.15) is 10.1 Å². The van der Waals surface area contributed by atoms with Gasteiger partial charge in [0, 0.05) is 7.11 Å². The van der Waals surface area contributed by atoms with Crippen LogP contribution in [0.5, 0.6) is 11.6 Å². The van der Waals surface area contributed by atoms with Gasteiger partial charge in [0.2, 0.25) is 11.7 Å². The molecule has 1 fully saturated rings. The first-order chi connectivity index (χ1) is 19.9. The molecule has 1 saturated heterocycles. The Kier molecular flexibility index (Phi) is 9.70. The topological polar surface area (TPSA) is 193 Å². The zero-order valence-electron chi connectivity index (χ0n) is 24.3. The van der Waals surface area contributed by atoms with Crippen LogP contribution >= 0.6 is 7.75 Å². The molecule has 0 radical (unpaired) electrons. The van der Waals surface area contributed by atoms with Crippen LogP contribution in [0.4, 0.5) is 5.95 Å². The smallest absolute Gasteiger partial charge is 0.459 e. The number of aromatic amines is 1. The van der Waals surface area contributed by atoms with Gasteiger partial charge >= 0.3 is 25.3 Å². The molecule has 0 aliphatic carbocycles. The number of H-pyrrole nitrogens is 1. The number of aromatic nitrogens is 4. The molecule has 42 heavy (non-hydrogen) atoms. The number of esters is 1. The maximum Gasteiger partial charge on any atom is 0.459 e. The molecule has 230 valence electrons. The third kappa shape index (κ3) is 6.83. The molecule has 3 heterocycles. The largest absolute Gasteiger partial charge is 0.475 e. The second-order valence-corrected chi connectivity index (χ2v) is 11.9. The van der Waals surface area contributed by atoms with E-state index in [0.29, 0.717) is 17.8 Å². The Morgan fingerprint density at radius 2 is 2.00 bits per heavy atom. The summed E-state index contributed by atoms with van der Waals surface area (Å²) in [5.74, 6) is -0.169. The van der Waals surface area contributed by atoms with Gasteiger partial charge in [-0.05, 0) is 46.8 Å². The SMILES string of the molecule is CCOc1nc(N)nc2c1[nH]c[n+]2C1OC(C)(COP(=O)(NC(C)C(=O)OC(C)C)Oc2ccccc2)C(O)C1OC. The number of nitrogens with zero attached hydrogens (tertiary/aromatic N) is 3. The number of nitrogens with one attached hydrogen (secondary N) is 2. The van der Waals surface area contributed by atoms with Crippen molar-refractivity contribution >= 4 is 30.8 Å². The number of nitrogen functional groups attached to an aromatic ring is 1. The third-order valence-corrected chi connectivity index (χ3v) is 8.07. The Hall–Kier alpha value is -3.33. The number of nitrogens with two attached hydrogens (primary N) is 1. The predicted octanol–water partition coefficient (Wildman–Crippen LogP) is 2.02. The van der Waals surface area contributed by atoms with Crippen molar-refractivity contribution in [3.8, 4) is 11.6 Å². The molecule has 6 atom stereocenters. The molecule has 0 bridgehead atoms. The summed E-state index contributed by atoms with van der Waals surface area (Å²) in [4.78, 5) is 24.0. The van der Waals surface area contributed by atoms with Crippen molar-refractivity contribution in [1.82, 2.24) is 20.0 Å². The second kappa shape index (κ2) is 12.9. The summed E-state index contributed by atoms with van der Waals surface area (Å²) in [5.41, 5.74) is 5.29. The first-order valence-electron chi connectivity index (χ1n) is 13.4. The van der Waals surface area contributed by atoms with E-state index >= 15 is 0 Å². The van der Waals surface area contributed by atoms with Gasteiger partial charge in [0.25, 0.3) is 5.88 Å². The Morgan fingerprint density at radius 3 is 2.64 bits per heavy atom. The van der Waals surface area contributed by atoms with Crippen LogP contribution in [0, 0.1) is 0 Å². The van der Waals surface area contributed by atoms with E-state index in [1.165, 1.54) is 14.0 Å². The van der Waals surface area contributed by atoms with Gasteiger partial charge in [-0.15, -0.1) is 0 Å². The first-order valence-corrected chi connectivity index (χ1v) is 15.0. The summed E-state index contributed by atoms with van der Waals surface area (Å²) in [5, 5.41) is 14.0. The number of methoxy groups -OCH3 is 1. The summed E-state index contributed by atoms with van der Waals surface area (Å²) in [7, 11) is -2.81. The average Bonchev–Trinajstić information content (AvgIpc) is 3.46. The Labute approximate surface area is 243 Å². The molecule has 1 aromatic carbocycles. The molecule has 6 unspecified atom stereocenters. The normalized spacial score (nSPS) is 24.4. The molecule has 16 heteroatoms. The van der Waals surface area contributed by atoms with Gasteiger partial charge in [-0.25, -0.2) is 9.13 Å². The van der Waals surface area contributed by atoms with Crippen molar-refractivity contribution in [2.24, 2.45) is 0 Å². The summed E-state index contributed by atoms with van der Waals surface area (Å²) in [6, 6.07) is 7.29. The molecular formula is C26H38N6O9P+. The molecule has 15 nitrogen and oxygen atoms in total. The molecule has 2 aromatic heterocycles. The number of aliphatic hydroxyl groups is 1. The fourth-order valence-electron chi connectivity index (χ4n) is 4.43. The van der Waals surface area contributed by atoms with Crippen molar-refractivity contribution in [3.63, 3.8) is 0 Å². The monoisotopic (exact) mass is 609 g/mol. The van der Waals surface area contributed by atoms with E-state index in [2.05, 4.69) is 20.0 Å². The molecule has 1 aliphatic rings. The van der Waals surface area contributed by atoms with Gasteiger partial charge in [-0.3, -0.25) is 14.3 Å². The van der Waals surface area contributed by atoms with E-state index in [9.17, 15) is 14.5 Å². The summed E-state index contributed by atoms with van der Waals surface area (Å²) in [6.07, 6.45) is -1.89. The number of ether oxygens (including phenoxy) is 4. The van der Waals surface area contributed by atoms with Crippen LogP contribution in [0.1, 0.15) is 40.8 Å². The molecule has 0 amide bonds. The number of aliphatic hydroxyl groups excluding tert-OH is 1. The Morgan fingerprint density at radius 1 is 1.29 bits per heavy atom. The number of fused-ring (bicyclic) bond motifs is 1. The zero-order chi connectivity index (χ0) is 30.7. The van der Waals surface area contributed by atoms with Crippen molar-refractivity contribution in [3.05, 3.63) is 36.7 Å². The van der Waals surface area contributed by atoms with Crippen molar-refractivity contribution in [1.29, 1.82) is 0 Å². The van der Waals surface area contributed by atoms with Crippen molar-refractivity contribution in [2.45, 2.75) is 70.8 Å². The van der Waals surface area contributed by atoms with E-state index < -0.39 is 50.4 Å². The van der Waals surface area contributed by atoms with E-state index in [4.69, 9.17) is 33.7 Å². The van der Waals surface area contributed by atoms with E-state index in [1.54, 1.807) is 62.0 Å². The highest BCUT2D eigenvalue weighted by atomic mass is 31.2. The lowest BCUT2D eigenvalue weighted by molar-refractivity contribution is -0.747. The minimum absolute atomic E-state index is 0.0203. The molecule has 5 N–H and O–H groups in total. The molecule has 0 spiro atoms. The lowest BCUT2D eigenvalue weighted by Gasteiger charge is -2.30. The van der Waals surface area contributed by atoms with Crippen LogP contribution in [0.25, 0.3) is 11.2 Å². The molecule has 3 aromatic rings. The Balaban J connectivity index is 1.60. The number of carbonyl (C=O) groups is 1. The lowest BCUT2D eigenvalue weighted by atomic mass is 9.98. The van der Waals surface area contributed by atoms with Crippen LogP contribution < -0.4 is 24.6 Å². The quantitative estimate of drug-likeness (QED) is 0.125. The number of carbonyl (C=O) groups excluding carboxylic acids is 1. The molecule has 1 aliphatic heterocycles. The van der Waals surface area contributed by atoms with Crippen LogP contribution in [-0.4, -0.2) is 76.3 Å². The van der Waals surface area contributed by atoms with Gasteiger partial charge in [0.1, 0.15) is 29.6 Å². The highest BCUT2D eigenvalue weighted by Gasteiger charge is 2.56.